The third kappa shape index (κ3) is 4.49. The predicted octanol–water partition coefficient (Wildman–Crippen LogP) is 0.614. The van der Waals surface area contributed by atoms with E-state index in [0.29, 0.717) is 25.2 Å². The van der Waals surface area contributed by atoms with E-state index in [4.69, 9.17) is 0 Å². The van der Waals surface area contributed by atoms with Crippen LogP contribution in [0, 0.1) is 5.92 Å². The van der Waals surface area contributed by atoms with E-state index in [1.54, 1.807) is 26.2 Å². The molecule has 3 N–H and O–H groups in total. The fourth-order valence-corrected chi connectivity index (χ4v) is 3.26. The molecule has 2 rings (SSSR count). The molecule has 0 aliphatic carbocycles. The minimum absolute atomic E-state index is 0.0943. The predicted molar refractivity (Wildman–Crippen MR) is 108 cm³/mol. The van der Waals surface area contributed by atoms with Crippen LogP contribution >= 0.6 is 0 Å². The molecule has 1 unspecified atom stereocenters. The van der Waals surface area contributed by atoms with Crippen LogP contribution < -0.4 is 20.9 Å². The molecule has 0 bridgehead atoms. The second-order valence-corrected chi connectivity index (χ2v) is 7.19. The Morgan fingerprint density at radius 2 is 2.00 bits per heavy atom. The Bertz CT molecular complexity index is 724. The maximum atomic E-state index is 13.5. The third-order valence-corrected chi connectivity index (χ3v) is 5.31. The van der Waals surface area contributed by atoms with Crippen molar-refractivity contribution in [1.29, 1.82) is 0 Å². The average molecular weight is 390 g/mol. The number of hydrogen-bond donors (Lipinski definition) is 3. The van der Waals surface area contributed by atoms with Gasteiger partial charge in [-0.1, -0.05) is 26.3 Å². The molecule has 0 fully saturated rings. The van der Waals surface area contributed by atoms with Gasteiger partial charge >= 0.3 is 0 Å². The number of rotatable bonds is 8. The van der Waals surface area contributed by atoms with Crippen LogP contribution in [0.4, 0.5) is 5.82 Å². The zero-order valence-electron chi connectivity index (χ0n) is 17.3. The lowest BCUT2D eigenvalue weighted by Crippen LogP contribution is -2.58. The quantitative estimate of drug-likeness (QED) is 0.605. The average Bonchev–Trinajstić information content (AvgIpc) is 3.10. The van der Waals surface area contributed by atoms with Gasteiger partial charge in [-0.25, -0.2) is 4.98 Å². The van der Waals surface area contributed by atoms with Crippen molar-refractivity contribution in [3.8, 4) is 0 Å². The van der Waals surface area contributed by atoms with E-state index in [9.17, 15) is 14.4 Å². The Kier molecular flexibility index (Phi) is 7.51. The van der Waals surface area contributed by atoms with Crippen LogP contribution in [-0.4, -0.2) is 54.4 Å². The number of aromatic nitrogens is 1. The van der Waals surface area contributed by atoms with Crippen LogP contribution in [0.15, 0.2) is 18.3 Å². The fourth-order valence-electron chi connectivity index (χ4n) is 3.26. The number of likely N-dealkylation sites (N-methyl/N-ethyl adjacent to an activating group) is 2. The van der Waals surface area contributed by atoms with Crippen molar-refractivity contribution in [1.82, 2.24) is 20.9 Å². The first-order valence-corrected chi connectivity index (χ1v) is 9.87. The molecule has 1 aliphatic heterocycles. The Labute approximate surface area is 166 Å². The maximum Gasteiger partial charge on any atom is 0.251 e. The molecule has 4 atom stereocenters. The minimum atomic E-state index is -0.738. The molecule has 3 amide bonds. The molecule has 0 saturated carbocycles. The van der Waals surface area contributed by atoms with Crippen LogP contribution in [-0.2, 0) is 20.8 Å². The number of nitrogens with zero attached hydrogens (tertiary/aromatic N) is 2. The summed E-state index contributed by atoms with van der Waals surface area (Å²) in [4.78, 5) is 44.4. The van der Waals surface area contributed by atoms with Crippen LogP contribution in [0.2, 0.25) is 0 Å². The van der Waals surface area contributed by atoms with Gasteiger partial charge in [-0.05, 0) is 38.4 Å². The van der Waals surface area contributed by atoms with Gasteiger partial charge in [-0.3, -0.25) is 19.3 Å². The van der Waals surface area contributed by atoms with E-state index in [-0.39, 0.29) is 23.6 Å². The summed E-state index contributed by atoms with van der Waals surface area (Å²) in [5.74, 6) is -0.376. The fraction of sp³-hybridized carbons (Fsp3) is 0.600. The van der Waals surface area contributed by atoms with E-state index < -0.39 is 18.1 Å². The Hall–Kier alpha value is -2.48. The van der Waals surface area contributed by atoms with Crippen molar-refractivity contribution in [2.75, 3.05) is 18.5 Å². The number of carbonyl (C=O) groups is 3. The molecule has 1 aliphatic rings. The highest BCUT2D eigenvalue weighted by atomic mass is 16.2. The normalized spacial score (nSPS) is 18.8. The molecule has 1 aromatic heterocycles. The second kappa shape index (κ2) is 9.64. The molecule has 1 aromatic rings. The van der Waals surface area contributed by atoms with E-state index in [1.165, 1.54) is 4.90 Å². The second-order valence-electron chi connectivity index (χ2n) is 7.19. The van der Waals surface area contributed by atoms with E-state index in [2.05, 4.69) is 20.9 Å². The number of anilines is 1. The number of nitrogens with one attached hydrogen (secondary N) is 3. The summed E-state index contributed by atoms with van der Waals surface area (Å²) in [6.45, 7) is 7.94. The summed E-state index contributed by atoms with van der Waals surface area (Å²) < 4.78 is 0. The lowest BCUT2D eigenvalue weighted by Gasteiger charge is -2.31. The van der Waals surface area contributed by atoms with Crippen LogP contribution in [0.1, 0.15) is 39.7 Å². The largest absolute Gasteiger partial charge is 0.355 e. The first kappa shape index (κ1) is 21.8. The molecule has 154 valence electrons. The summed E-state index contributed by atoms with van der Waals surface area (Å²) in [5.41, 5.74) is 0.852. The summed E-state index contributed by atoms with van der Waals surface area (Å²) in [6, 6.07) is 1.84. The van der Waals surface area contributed by atoms with Gasteiger partial charge in [0.1, 0.15) is 17.9 Å². The first-order valence-electron chi connectivity index (χ1n) is 9.87. The Morgan fingerprint density at radius 1 is 1.29 bits per heavy atom. The van der Waals surface area contributed by atoms with Gasteiger partial charge in [0.25, 0.3) is 5.91 Å². The lowest BCUT2D eigenvalue weighted by molar-refractivity contribution is -0.131. The van der Waals surface area contributed by atoms with E-state index in [1.807, 2.05) is 26.8 Å². The van der Waals surface area contributed by atoms with Gasteiger partial charge in [0.05, 0.1) is 6.04 Å². The SMILES string of the molecule is CCNC(=O)C1Cc2cccnc2N1C(=O)[C@@H](NC(=O)[C@H](C)NC)[C@@H](C)CC. The van der Waals surface area contributed by atoms with E-state index in [0.717, 1.165) is 5.56 Å². The molecule has 0 radical (unpaired) electrons. The highest BCUT2D eigenvalue weighted by molar-refractivity contribution is 6.06. The molecule has 0 spiro atoms. The smallest absolute Gasteiger partial charge is 0.251 e. The van der Waals surface area contributed by atoms with Crippen molar-refractivity contribution in [2.45, 2.75) is 58.7 Å². The molecule has 8 nitrogen and oxygen atoms in total. The summed E-state index contributed by atoms with van der Waals surface area (Å²) in [6.07, 6.45) is 2.73. The molecule has 2 heterocycles. The van der Waals surface area contributed by atoms with Gasteiger partial charge in [-0.15, -0.1) is 0 Å². The summed E-state index contributed by atoms with van der Waals surface area (Å²) in [5, 5.41) is 8.55. The molecular formula is C20H31N5O3. The number of hydrogen-bond acceptors (Lipinski definition) is 5. The van der Waals surface area contributed by atoms with Crippen LogP contribution in [0.25, 0.3) is 0 Å². The Morgan fingerprint density at radius 3 is 2.61 bits per heavy atom. The van der Waals surface area contributed by atoms with Gasteiger partial charge in [0.2, 0.25) is 11.8 Å². The third-order valence-electron chi connectivity index (χ3n) is 5.31. The topological polar surface area (TPSA) is 103 Å². The van der Waals surface area contributed by atoms with Gasteiger partial charge < -0.3 is 16.0 Å². The van der Waals surface area contributed by atoms with Crippen molar-refractivity contribution < 1.29 is 14.4 Å². The zero-order valence-corrected chi connectivity index (χ0v) is 17.3. The Balaban J connectivity index is 2.38. The standard InChI is InChI=1S/C20H31N5O3/c1-6-12(3)16(24-18(26)13(4)21-5)20(28)25-15(19(27)22-7-2)11-14-9-8-10-23-17(14)25/h8-10,12-13,15-16,21H,6-7,11H2,1-5H3,(H,22,27)(H,24,26)/t12-,13-,15?,16-/m0/s1. The van der Waals surface area contributed by atoms with Crippen molar-refractivity contribution >= 4 is 23.5 Å². The van der Waals surface area contributed by atoms with Gasteiger partial charge in [0.15, 0.2) is 0 Å². The number of carbonyl (C=O) groups excluding carboxylic acids is 3. The molecule has 0 saturated heterocycles. The molecule has 8 heteroatoms. The molecule has 28 heavy (non-hydrogen) atoms. The molecule has 0 aromatic carbocycles. The van der Waals surface area contributed by atoms with Crippen molar-refractivity contribution in [3.63, 3.8) is 0 Å². The highest BCUT2D eigenvalue weighted by Crippen LogP contribution is 2.31. The lowest BCUT2D eigenvalue weighted by atomic mass is 9.97. The number of pyridine rings is 1. The van der Waals surface area contributed by atoms with Gasteiger partial charge in [-0.2, -0.15) is 0 Å². The van der Waals surface area contributed by atoms with Crippen molar-refractivity contribution in [2.24, 2.45) is 5.92 Å². The number of amides is 3. The zero-order chi connectivity index (χ0) is 20.8. The highest BCUT2D eigenvalue weighted by Gasteiger charge is 2.43. The minimum Gasteiger partial charge on any atom is -0.355 e. The maximum absolute atomic E-state index is 13.5. The van der Waals surface area contributed by atoms with E-state index >= 15 is 0 Å². The van der Waals surface area contributed by atoms with Crippen LogP contribution in [0.5, 0.6) is 0 Å². The van der Waals surface area contributed by atoms with Crippen LogP contribution in [0.3, 0.4) is 0 Å². The van der Waals surface area contributed by atoms with Crippen molar-refractivity contribution in [3.05, 3.63) is 23.9 Å². The van der Waals surface area contributed by atoms with Gasteiger partial charge in [0, 0.05) is 19.2 Å². The summed E-state index contributed by atoms with van der Waals surface area (Å²) >= 11 is 0. The first-order chi connectivity index (χ1) is 13.3. The molecular weight excluding hydrogens is 358 g/mol. The number of fused-ring (bicyclic) bond motifs is 1. The monoisotopic (exact) mass is 389 g/mol. The summed E-state index contributed by atoms with van der Waals surface area (Å²) in [7, 11) is 1.69.